The third-order valence-electron chi connectivity index (χ3n) is 4.11. The fourth-order valence-electron chi connectivity index (χ4n) is 2.75. The quantitative estimate of drug-likeness (QED) is 0.760. The van der Waals surface area contributed by atoms with E-state index in [0.29, 0.717) is 13.0 Å². The highest BCUT2D eigenvalue weighted by atomic mass is 32.1. The fourth-order valence-corrected chi connectivity index (χ4v) is 3.45. The van der Waals surface area contributed by atoms with Gasteiger partial charge in [0.05, 0.1) is 6.54 Å². The summed E-state index contributed by atoms with van der Waals surface area (Å²) in [5.74, 6) is 0.237. The summed E-state index contributed by atoms with van der Waals surface area (Å²) >= 11 is 1.67. The van der Waals surface area contributed by atoms with Crippen molar-refractivity contribution in [2.75, 3.05) is 26.2 Å². The van der Waals surface area contributed by atoms with Crippen LogP contribution in [0.1, 0.15) is 38.2 Å². The van der Waals surface area contributed by atoms with E-state index in [-0.39, 0.29) is 17.9 Å². The number of amides is 2. The molecule has 0 radical (unpaired) electrons. The monoisotopic (exact) mass is 337 g/mol. The number of aryl methyl sites for hydroxylation is 1. The molecule has 1 saturated heterocycles. The largest absolute Gasteiger partial charge is 0.355 e. The lowest BCUT2D eigenvalue weighted by Crippen LogP contribution is -2.47. The maximum Gasteiger partial charge on any atom is 0.234 e. The molecule has 128 valence electrons. The summed E-state index contributed by atoms with van der Waals surface area (Å²) in [4.78, 5) is 25.9. The SMILES string of the molecule is CCCNC(=O)CN1CCC(NC(=O)CCc2ccsc2)CC1. The zero-order chi connectivity index (χ0) is 16.5. The van der Waals surface area contributed by atoms with Gasteiger partial charge in [-0.15, -0.1) is 0 Å². The molecule has 0 aliphatic carbocycles. The molecule has 0 atom stereocenters. The number of thiophene rings is 1. The van der Waals surface area contributed by atoms with E-state index in [1.165, 1.54) is 5.56 Å². The second kappa shape index (κ2) is 9.67. The predicted octanol–water partition coefficient (Wildman–Crippen LogP) is 1.79. The zero-order valence-electron chi connectivity index (χ0n) is 13.8. The van der Waals surface area contributed by atoms with Crippen LogP contribution >= 0.6 is 11.3 Å². The van der Waals surface area contributed by atoms with Crippen LogP contribution in [0, 0.1) is 0 Å². The summed E-state index contributed by atoms with van der Waals surface area (Å²) in [6.07, 6.45) is 4.17. The van der Waals surface area contributed by atoms with Gasteiger partial charge in [0.25, 0.3) is 0 Å². The molecule has 1 aromatic rings. The van der Waals surface area contributed by atoms with Crippen LogP contribution in [0.3, 0.4) is 0 Å². The van der Waals surface area contributed by atoms with E-state index in [4.69, 9.17) is 0 Å². The fraction of sp³-hybridized carbons (Fsp3) is 0.647. The topological polar surface area (TPSA) is 61.4 Å². The molecule has 2 rings (SSSR count). The Kier molecular flexibility index (Phi) is 7.55. The minimum atomic E-state index is 0.102. The van der Waals surface area contributed by atoms with Crippen molar-refractivity contribution in [2.24, 2.45) is 0 Å². The minimum absolute atomic E-state index is 0.102. The van der Waals surface area contributed by atoms with E-state index in [9.17, 15) is 9.59 Å². The van der Waals surface area contributed by atoms with Crippen molar-refractivity contribution in [3.63, 3.8) is 0 Å². The van der Waals surface area contributed by atoms with Crippen LogP contribution in [-0.2, 0) is 16.0 Å². The highest BCUT2D eigenvalue weighted by Gasteiger charge is 2.21. The van der Waals surface area contributed by atoms with Crippen LogP contribution < -0.4 is 10.6 Å². The van der Waals surface area contributed by atoms with Gasteiger partial charge in [-0.05, 0) is 48.1 Å². The first-order chi connectivity index (χ1) is 11.2. The van der Waals surface area contributed by atoms with Crippen LogP contribution in [0.5, 0.6) is 0 Å². The molecule has 23 heavy (non-hydrogen) atoms. The van der Waals surface area contributed by atoms with E-state index in [0.717, 1.165) is 45.3 Å². The molecule has 2 amide bonds. The van der Waals surface area contributed by atoms with Crippen LogP contribution in [0.2, 0.25) is 0 Å². The molecule has 1 aromatic heterocycles. The van der Waals surface area contributed by atoms with Crippen LogP contribution in [0.25, 0.3) is 0 Å². The first kappa shape index (κ1) is 17.9. The van der Waals surface area contributed by atoms with E-state index < -0.39 is 0 Å². The number of hydrogen-bond donors (Lipinski definition) is 2. The van der Waals surface area contributed by atoms with Crippen molar-refractivity contribution < 1.29 is 9.59 Å². The maximum absolute atomic E-state index is 12.0. The van der Waals surface area contributed by atoms with Crippen LogP contribution in [0.4, 0.5) is 0 Å². The summed E-state index contributed by atoms with van der Waals surface area (Å²) in [6.45, 7) is 5.01. The molecule has 0 saturated carbocycles. The minimum Gasteiger partial charge on any atom is -0.355 e. The van der Waals surface area contributed by atoms with Crippen molar-refractivity contribution in [3.05, 3.63) is 22.4 Å². The molecule has 5 nitrogen and oxygen atoms in total. The highest BCUT2D eigenvalue weighted by Crippen LogP contribution is 2.11. The smallest absolute Gasteiger partial charge is 0.234 e. The average molecular weight is 337 g/mol. The van der Waals surface area contributed by atoms with Gasteiger partial charge in [0, 0.05) is 32.1 Å². The van der Waals surface area contributed by atoms with Crippen molar-refractivity contribution in [1.82, 2.24) is 15.5 Å². The molecule has 1 aliphatic rings. The first-order valence-corrected chi connectivity index (χ1v) is 9.41. The van der Waals surface area contributed by atoms with Gasteiger partial charge in [0.15, 0.2) is 0 Å². The van der Waals surface area contributed by atoms with Crippen LogP contribution in [0.15, 0.2) is 16.8 Å². The third kappa shape index (κ3) is 6.71. The number of likely N-dealkylation sites (tertiary alicyclic amines) is 1. The number of rotatable bonds is 8. The van der Waals surface area contributed by atoms with Crippen molar-refractivity contribution in [2.45, 2.75) is 45.1 Å². The van der Waals surface area contributed by atoms with E-state index in [2.05, 4.69) is 27.0 Å². The number of piperidine rings is 1. The molecule has 1 fully saturated rings. The summed E-state index contributed by atoms with van der Waals surface area (Å²) in [6, 6.07) is 2.32. The molecular formula is C17H27N3O2S. The van der Waals surface area contributed by atoms with Gasteiger partial charge < -0.3 is 10.6 Å². The normalized spacial score (nSPS) is 16.2. The Morgan fingerprint density at radius 1 is 1.30 bits per heavy atom. The second-order valence-electron chi connectivity index (χ2n) is 6.10. The Morgan fingerprint density at radius 2 is 2.09 bits per heavy atom. The second-order valence-corrected chi connectivity index (χ2v) is 6.88. The van der Waals surface area contributed by atoms with Crippen molar-refractivity contribution >= 4 is 23.2 Å². The number of nitrogens with one attached hydrogen (secondary N) is 2. The standard InChI is InChI=1S/C17H27N3O2S/c1-2-8-18-17(22)12-20-9-5-15(6-10-20)19-16(21)4-3-14-7-11-23-13-14/h7,11,13,15H,2-6,8-10,12H2,1H3,(H,18,22)(H,19,21). The number of nitrogens with zero attached hydrogens (tertiary/aromatic N) is 1. The molecule has 2 heterocycles. The third-order valence-corrected chi connectivity index (χ3v) is 4.84. The molecule has 0 unspecified atom stereocenters. The Labute approximate surface area is 142 Å². The molecule has 2 N–H and O–H groups in total. The van der Waals surface area contributed by atoms with Gasteiger partial charge in [-0.1, -0.05) is 6.92 Å². The Balaban J connectivity index is 1.60. The van der Waals surface area contributed by atoms with E-state index in [1.54, 1.807) is 11.3 Å². The van der Waals surface area contributed by atoms with E-state index in [1.807, 2.05) is 12.3 Å². The summed E-state index contributed by atoms with van der Waals surface area (Å²) in [5.41, 5.74) is 1.23. The van der Waals surface area contributed by atoms with Gasteiger partial charge in [0.1, 0.15) is 0 Å². The van der Waals surface area contributed by atoms with Gasteiger partial charge in [0.2, 0.25) is 11.8 Å². The number of hydrogen-bond acceptors (Lipinski definition) is 4. The average Bonchev–Trinajstić information content (AvgIpc) is 3.06. The lowest BCUT2D eigenvalue weighted by atomic mass is 10.0. The lowest BCUT2D eigenvalue weighted by molar-refractivity contribution is -0.124. The summed E-state index contributed by atoms with van der Waals surface area (Å²) in [5, 5.41) is 10.2. The van der Waals surface area contributed by atoms with Gasteiger partial charge in [-0.3, -0.25) is 14.5 Å². The molecule has 0 aromatic carbocycles. The zero-order valence-corrected chi connectivity index (χ0v) is 14.7. The van der Waals surface area contributed by atoms with Gasteiger partial charge in [-0.25, -0.2) is 0 Å². The number of carbonyl (C=O) groups is 2. The molecule has 0 spiro atoms. The Bertz CT molecular complexity index is 482. The predicted molar refractivity (Wildman–Crippen MR) is 93.5 cm³/mol. The van der Waals surface area contributed by atoms with Gasteiger partial charge in [-0.2, -0.15) is 11.3 Å². The molecule has 1 aliphatic heterocycles. The number of carbonyl (C=O) groups excluding carboxylic acids is 2. The van der Waals surface area contributed by atoms with Crippen molar-refractivity contribution in [1.29, 1.82) is 0 Å². The Hall–Kier alpha value is -1.40. The van der Waals surface area contributed by atoms with Gasteiger partial charge >= 0.3 is 0 Å². The van der Waals surface area contributed by atoms with Crippen molar-refractivity contribution in [3.8, 4) is 0 Å². The molecular weight excluding hydrogens is 310 g/mol. The first-order valence-electron chi connectivity index (χ1n) is 8.47. The van der Waals surface area contributed by atoms with E-state index >= 15 is 0 Å². The summed E-state index contributed by atoms with van der Waals surface area (Å²) < 4.78 is 0. The molecule has 6 heteroatoms. The lowest BCUT2D eigenvalue weighted by Gasteiger charge is -2.31. The molecule has 0 bridgehead atoms. The van der Waals surface area contributed by atoms with Crippen LogP contribution in [-0.4, -0.2) is 48.9 Å². The highest BCUT2D eigenvalue weighted by molar-refractivity contribution is 7.07. The summed E-state index contributed by atoms with van der Waals surface area (Å²) in [7, 11) is 0. The Morgan fingerprint density at radius 3 is 2.74 bits per heavy atom. The maximum atomic E-state index is 12.0.